The molecule has 0 saturated heterocycles. The van der Waals surface area contributed by atoms with Gasteiger partial charge in [0, 0.05) is 10.9 Å². The molecule has 0 spiro atoms. The van der Waals surface area contributed by atoms with Crippen LogP contribution in [0.25, 0.3) is 22.1 Å². The average molecular weight is 320 g/mol. The highest BCUT2D eigenvalue weighted by Gasteiger charge is 2.17. The number of nitrogens with zero attached hydrogens (tertiary/aromatic N) is 2. The molecule has 24 heavy (non-hydrogen) atoms. The van der Waals surface area contributed by atoms with E-state index in [1.807, 2.05) is 47.8 Å². The van der Waals surface area contributed by atoms with Gasteiger partial charge in [-0.05, 0) is 30.3 Å². The van der Waals surface area contributed by atoms with E-state index < -0.39 is 0 Å². The maximum absolute atomic E-state index is 5.95. The Bertz CT molecular complexity index is 1060. The van der Waals surface area contributed by atoms with E-state index in [9.17, 15) is 0 Å². The highest BCUT2D eigenvalue weighted by Crippen LogP contribution is 2.32. The molecular formula is C18H14N3O3+. The molecule has 2 aromatic carbocycles. The maximum Gasteiger partial charge on any atom is 0.272 e. The molecule has 0 saturated carbocycles. The molecular weight excluding hydrogens is 306 g/mol. The van der Waals surface area contributed by atoms with E-state index in [1.54, 1.807) is 6.33 Å². The van der Waals surface area contributed by atoms with E-state index in [4.69, 9.17) is 13.9 Å². The standard InChI is InChI=1S/C18H13N3O3/c1-2-4-13-12(3-1)16-17(24-13)18(21-9-20-16)19-8-11-5-6-14-15(7-11)23-10-22-14/h1-7,9H,8,10H2,(H,19,20,21)/p+1. The van der Waals surface area contributed by atoms with Crippen LogP contribution in [0.15, 0.2) is 53.2 Å². The normalized spacial score (nSPS) is 13.0. The summed E-state index contributed by atoms with van der Waals surface area (Å²) in [5.74, 6) is 2.38. The molecule has 0 atom stereocenters. The molecule has 0 bridgehead atoms. The zero-order chi connectivity index (χ0) is 15.9. The van der Waals surface area contributed by atoms with Crippen LogP contribution < -0.4 is 14.8 Å². The topological polar surface area (TPSA) is 74.0 Å². The van der Waals surface area contributed by atoms with Crippen molar-refractivity contribution in [1.29, 1.82) is 0 Å². The Morgan fingerprint density at radius 2 is 1.92 bits per heavy atom. The Morgan fingerprint density at radius 1 is 1.00 bits per heavy atom. The van der Waals surface area contributed by atoms with E-state index >= 15 is 0 Å². The van der Waals surface area contributed by atoms with E-state index in [2.05, 4.69) is 9.97 Å². The maximum atomic E-state index is 5.95. The number of furan rings is 1. The molecule has 4 aromatic rings. The van der Waals surface area contributed by atoms with Gasteiger partial charge in [0.25, 0.3) is 5.82 Å². The van der Waals surface area contributed by atoms with Crippen molar-refractivity contribution >= 4 is 27.9 Å². The largest absolute Gasteiger partial charge is 0.454 e. The molecule has 0 radical (unpaired) electrons. The molecule has 0 amide bonds. The zero-order valence-corrected chi connectivity index (χ0v) is 12.7. The lowest BCUT2D eigenvalue weighted by atomic mass is 10.2. The Balaban J connectivity index is 1.48. The predicted molar refractivity (Wildman–Crippen MR) is 87.2 cm³/mol. The Morgan fingerprint density at radius 3 is 2.92 bits per heavy atom. The first-order valence-electron chi connectivity index (χ1n) is 7.72. The molecule has 2 N–H and O–H groups in total. The van der Waals surface area contributed by atoms with Crippen LogP contribution in [-0.4, -0.2) is 16.8 Å². The molecule has 0 unspecified atom stereocenters. The summed E-state index contributed by atoms with van der Waals surface area (Å²) in [7, 11) is 0. The van der Waals surface area contributed by atoms with Crippen LogP contribution in [0.4, 0.5) is 5.82 Å². The summed E-state index contributed by atoms with van der Waals surface area (Å²) in [4.78, 5) is 8.74. The molecule has 0 aliphatic carbocycles. The first-order chi connectivity index (χ1) is 11.9. The van der Waals surface area contributed by atoms with Gasteiger partial charge in [-0.1, -0.05) is 12.1 Å². The first-order valence-corrected chi connectivity index (χ1v) is 7.72. The minimum atomic E-state index is 0.286. The number of para-hydroxylation sites is 1. The third-order valence-electron chi connectivity index (χ3n) is 4.15. The molecule has 0 fully saturated rings. The van der Waals surface area contributed by atoms with E-state index in [0.717, 1.165) is 51.5 Å². The summed E-state index contributed by atoms with van der Waals surface area (Å²) in [6.07, 6.45) is 1.58. The lowest BCUT2D eigenvalue weighted by molar-refractivity contribution is -0.591. The fraction of sp³-hybridized carbons (Fsp3) is 0.111. The van der Waals surface area contributed by atoms with Crippen LogP contribution in [0.3, 0.4) is 0 Å². The summed E-state index contributed by atoms with van der Waals surface area (Å²) in [6.45, 7) is 1.01. The van der Waals surface area contributed by atoms with Crippen molar-refractivity contribution in [2.75, 3.05) is 6.79 Å². The van der Waals surface area contributed by atoms with Gasteiger partial charge in [-0.25, -0.2) is 4.98 Å². The summed E-state index contributed by atoms with van der Waals surface area (Å²) in [5.41, 5.74) is 3.52. The number of ether oxygens (including phenoxy) is 2. The fourth-order valence-electron chi connectivity index (χ4n) is 2.97. The number of nitrogens with two attached hydrogens (primary N) is 1. The van der Waals surface area contributed by atoms with Crippen molar-refractivity contribution in [3.05, 3.63) is 54.4 Å². The van der Waals surface area contributed by atoms with Gasteiger partial charge in [0.1, 0.15) is 24.0 Å². The van der Waals surface area contributed by atoms with Gasteiger partial charge >= 0.3 is 0 Å². The van der Waals surface area contributed by atoms with E-state index in [-0.39, 0.29) is 6.79 Å². The number of fused-ring (bicyclic) bond motifs is 4. The first kappa shape index (κ1) is 13.3. The monoisotopic (exact) mass is 320 g/mol. The minimum Gasteiger partial charge on any atom is -0.454 e. The predicted octanol–water partition coefficient (Wildman–Crippen LogP) is 2.50. The number of rotatable bonds is 3. The molecule has 1 aliphatic rings. The smallest absolute Gasteiger partial charge is 0.272 e. The molecule has 6 heteroatoms. The Hall–Kier alpha value is -3.12. The van der Waals surface area contributed by atoms with Gasteiger partial charge in [0.15, 0.2) is 11.5 Å². The second kappa shape index (κ2) is 5.21. The van der Waals surface area contributed by atoms with Gasteiger partial charge in [0.05, 0.1) is 0 Å². The van der Waals surface area contributed by atoms with Crippen LogP contribution in [0.1, 0.15) is 5.56 Å². The second-order valence-electron chi connectivity index (χ2n) is 5.63. The third kappa shape index (κ3) is 2.08. The summed E-state index contributed by atoms with van der Waals surface area (Å²) in [5, 5.41) is 3.05. The van der Waals surface area contributed by atoms with E-state index in [1.165, 1.54) is 0 Å². The van der Waals surface area contributed by atoms with Crippen molar-refractivity contribution in [3.63, 3.8) is 0 Å². The van der Waals surface area contributed by atoms with Gasteiger partial charge in [-0.2, -0.15) is 4.98 Å². The lowest BCUT2D eigenvalue weighted by Crippen LogP contribution is -2.76. The Labute approximate surface area is 137 Å². The Kier molecular flexibility index (Phi) is 2.89. The van der Waals surface area contributed by atoms with Crippen molar-refractivity contribution in [2.45, 2.75) is 6.54 Å². The highest BCUT2D eigenvalue weighted by atomic mass is 16.7. The lowest BCUT2D eigenvalue weighted by Gasteiger charge is -2.02. The van der Waals surface area contributed by atoms with E-state index in [0.29, 0.717) is 0 Å². The SMILES string of the molecule is c1ccc2c(c1)oc1c([NH2+]Cc3ccc4c(c3)OCO4)ncnc12. The molecule has 6 nitrogen and oxygen atoms in total. The van der Waals surface area contributed by atoms with Crippen molar-refractivity contribution < 1.29 is 19.2 Å². The molecule has 5 rings (SSSR count). The number of hydrogen-bond acceptors (Lipinski definition) is 5. The van der Waals surface area contributed by atoms with Crippen LogP contribution in [0.5, 0.6) is 11.5 Å². The summed E-state index contributed by atoms with van der Waals surface area (Å²) in [6, 6.07) is 13.8. The van der Waals surface area contributed by atoms with Crippen molar-refractivity contribution in [2.24, 2.45) is 0 Å². The van der Waals surface area contributed by atoms with Crippen LogP contribution in [-0.2, 0) is 6.54 Å². The average Bonchev–Trinajstić information content (AvgIpc) is 3.24. The molecule has 118 valence electrons. The van der Waals surface area contributed by atoms with Crippen LogP contribution in [0.2, 0.25) is 0 Å². The highest BCUT2D eigenvalue weighted by molar-refractivity contribution is 6.04. The van der Waals surface area contributed by atoms with Crippen LogP contribution >= 0.6 is 0 Å². The quantitative estimate of drug-likeness (QED) is 0.628. The molecule has 3 heterocycles. The second-order valence-corrected chi connectivity index (χ2v) is 5.63. The zero-order valence-electron chi connectivity index (χ0n) is 12.7. The fourth-order valence-corrected chi connectivity index (χ4v) is 2.97. The molecule has 2 aromatic heterocycles. The number of quaternary nitrogens is 1. The van der Waals surface area contributed by atoms with Gasteiger partial charge in [0.2, 0.25) is 12.4 Å². The number of aromatic nitrogens is 2. The third-order valence-corrected chi connectivity index (χ3v) is 4.15. The summed E-state index contributed by atoms with van der Waals surface area (Å²) >= 11 is 0. The van der Waals surface area contributed by atoms with Crippen molar-refractivity contribution in [1.82, 2.24) is 9.97 Å². The number of benzene rings is 2. The summed E-state index contributed by atoms with van der Waals surface area (Å²) < 4.78 is 16.7. The van der Waals surface area contributed by atoms with Gasteiger partial charge in [-0.15, -0.1) is 0 Å². The molecule has 1 aliphatic heterocycles. The van der Waals surface area contributed by atoms with Crippen LogP contribution in [0, 0.1) is 0 Å². The minimum absolute atomic E-state index is 0.286. The van der Waals surface area contributed by atoms with Crippen molar-refractivity contribution in [3.8, 4) is 11.5 Å². The van der Waals surface area contributed by atoms with Gasteiger partial charge < -0.3 is 13.9 Å². The van der Waals surface area contributed by atoms with Gasteiger partial charge in [-0.3, -0.25) is 5.32 Å². The number of hydrogen-bond donors (Lipinski definition) is 1.